The lowest BCUT2D eigenvalue weighted by Gasteiger charge is -2.35. The molecule has 1 N–H and O–H groups in total. The lowest BCUT2D eigenvalue weighted by molar-refractivity contribution is 0.107. The molecular weight excluding hydrogens is 310 g/mol. The molecule has 4 nitrogen and oxygen atoms in total. The van der Waals surface area contributed by atoms with Gasteiger partial charge in [-0.3, -0.25) is 4.90 Å². The van der Waals surface area contributed by atoms with Gasteiger partial charge in [0, 0.05) is 25.5 Å². The number of aliphatic hydroxyl groups excluding tert-OH is 1. The minimum Gasteiger partial charge on any atom is -0.394 e. The van der Waals surface area contributed by atoms with Gasteiger partial charge in [-0.05, 0) is 29.7 Å². The third kappa shape index (κ3) is 2.74. The summed E-state index contributed by atoms with van der Waals surface area (Å²) < 4.78 is 1.95. The Morgan fingerprint density at radius 1 is 1.17 bits per heavy atom. The molecule has 118 valence electrons. The highest BCUT2D eigenvalue weighted by atomic mass is 35.5. The van der Waals surface area contributed by atoms with E-state index in [0.29, 0.717) is 5.02 Å². The van der Waals surface area contributed by atoms with Gasteiger partial charge >= 0.3 is 0 Å². The fourth-order valence-corrected chi connectivity index (χ4v) is 3.58. The second-order valence-corrected chi connectivity index (χ2v) is 6.40. The van der Waals surface area contributed by atoms with Crippen LogP contribution in [0.2, 0.25) is 5.02 Å². The average Bonchev–Trinajstić information content (AvgIpc) is 2.96. The van der Waals surface area contributed by atoms with Crippen molar-refractivity contribution < 1.29 is 5.11 Å². The quantitative estimate of drug-likeness (QED) is 0.803. The maximum absolute atomic E-state index is 9.88. The summed E-state index contributed by atoms with van der Waals surface area (Å²) in [5.41, 5.74) is 4.45. The average molecular weight is 328 g/mol. The lowest BCUT2D eigenvalue weighted by atomic mass is 9.93. The molecule has 4 rings (SSSR count). The van der Waals surface area contributed by atoms with Gasteiger partial charge < -0.3 is 9.51 Å². The molecular formula is C18H18ClN3O. The fraction of sp³-hybridized carbons (Fsp3) is 0.278. The van der Waals surface area contributed by atoms with Crippen LogP contribution in [0.1, 0.15) is 22.9 Å². The molecule has 3 heterocycles. The van der Waals surface area contributed by atoms with E-state index in [9.17, 15) is 5.11 Å². The first kappa shape index (κ1) is 14.7. The molecule has 0 radical (unpaired) electrons. The van der Waals surface area contributed by atoms with Gasteiger partial charge in [0.1, 0.15) is 5.65 Å². The summed E-state index contributed by atoms with van der Waals surface area (Å²) >= 11 is 6.03. The molecule has 0 amide bonds. The van der Waals surface area contributed by atoms with Crippen LogP contribution in [0.4, 0.5) is 0 Å². The van der Waals surface area contributed by atoms with E-state index in [1.807, 2.05) is 35.0 Å². The molecule has 5 heteroatoms. The molecule has 0 saturated heterocycles. The second-order valence-electron chi connectivity index (χ2n) is 5.96. The number of pyridine rings is 1. The Morgan fingerprint density at radius 2 is 2.04 bits per heavy atom. The largest absolute Gasteiger partial charge is 0.394 e. The van der Waals surface area contributed by atoms with E-state index in [0.717, 1.165) is 30.9 Å². The third-order valence-corrected chi connectivity index (χ3v) is 4.75. The van der Waals surface area contributed by atoms with Gasteiger partial charge in [0.15, 0.2) is 0 Å². The van der Waals surface area contributed by atoms with Crippen molar-refractivity contribution in [3.63, 3.8) is 0 Å². The van der Waals surface area contributed by atoms with Crippen molar-refractivity contribution >= 4 is 17.2 Å². The first-order valence-electron chi connectivity index (χ1n) is 7.80. The van der Waals surface area contributed by atoms with Crippen molar-refractivity contribution in [2.24, 2.45) is 0 Å². The Kier molecular flexibility index (Phi) is 3.81. The van der Waals surface area contributed by atoms with Crippen LogP contribution in [0.5, 0.6) is 0 Å². The van der Waals surface area contributed by atoms with Gasteiger partial charge in [0.25, 0.3) is 0 Å². The van der Waals surface area contributed by atoms with Crippen LogP contribution in [0.3, 0.4) is 0 Å². The van der Waals surface area contributed by atoms with Crippen LogP contribution in [-0.2, 0) is 13.0 Å². The molecule has 1 aromatic carbocycles. The summed E-state index contributed by atoms with van der Waals surface area (Å²) in [5.74, 6) is 0. The topological polar surface area (TPSA) is 40.8 Å². The Morgan fingerprint density at radius 3 is 2.91 bits per heavy atom. The second kappa shape index (κ2) is 5.96. The van der Waals surface area contributed by atoms with Crippen LogP contribution in [0, 0.1) is 0 Å². The normalized spacial score (nSPS) is 18.3. The first-order chi connectivity index (χ1) is 11.2. The van der Waals surface area contributed by atoms with Gasteiger partial charge in [-0.25, -0.2) is 4.98 Å². The minimum atomic E-state index is 0.0355. The van der Waals surface area contributed by atoms with Gasteiger partial charge in [-0.15, -0.1) is 0 Å². The van der Waals surface area contributed by atoms with E-state index < -0.39 is 0 Å². The zero-order valence-electron chi connectivity index (χ0n) is 12.7. The first-order valence-corrected chi connectivity index (χ1v) is 8.18. The number of halogens is 1. The van der Waals surface area contributed by atoms with Gasteiger partial charge in [-0.2, -0.15) is 0 Å². The third-order valence-electron chi connectivity index (χ3n) is 4.53. The highest BCUT2D eigenvalue weighted by Crippen LogP contribution is 2.30. The maximum Gasteiger partial charge on any atom is 0.137 e. The Hall–Kier alpha value is -1.88. The predicted octanol–water partition coefficient (Wildman–Crippen LogP) is 3.08. The molecule has 0 fully saturated rings. The molecule has 1 aliphatic rings. The van der Waals surface area contributed by atoms with Crippen molar-refractivity contribution in [3.8, 4) is 0 Å². The summed E-state index contributed by atoms with van der Waals surface area (Å²) in [6, 6.07) is 12.2. The number of nitrogens with zero attached hydrogens (tertiary/aromatic N) is 3. The highest BCUT2D eigenvalue weighted by molar-refractivity contribution is 6.30. The van der Waals surface area contributed by atoms with E-state index in [4.69, 9.17) is 11.6 Å². The van der Waals surface area contributed by atoms with Crippen molar-refractivity contribution in [3.05, 3.63) is 70.6 Å². The van der Waals surface area contributed by atoms with E-state index in [1.165, 1.54) is 11.1 Å². The predicted molar refractivity (Wildman–Crippen MR) is 90.6 cm³/mol. The van der Waals surface area contributed by atoms with E-state index in [1.54, 1.807) is 0 Å². The fourth-order valence-electron chi connectivity index (χ4n) is 3.41. The van der Waals surface area contributed by atoms with E-state index >= 15 is 0 Å². The zero-order chi connectivity index (χ0) is 15.8. The lowest BCUT2D eigenvalue weighted by Crippen LogP contribution is -2.36. The maximum atomic E-state index is 9.88. The SMILES string of the molecule is OCC1c2ccccc2CCN1Cc1cn2cc(Cl)ccc2n1. The number of hydrogen-bond donors (Lipinski definition) is 1. The smallest absolute Gasteiger partial charge is 0.137 e. The number of hydrogen-bond acceptors (Lipinski definition) is 3. The van der Waals surface area contributed by atoms with Crippen molar-refractivity contribution in [2.45, 2.75) is 19.0 Å². The molecule has 0 spiro atoms. The molecule has 1 unspecified atom stereocenters. The molecule has 1 aliphatic heterocycles. The Labute approximate surface area is 140 Å². The van der Waals surface area contributed by atoms with Crippen LogP contribution >= 0.6 is 11.6 Å². The van der Waals surface area contributed by atoms with Crippen LogP contribution in [0.25, 0.3) is 5.65 Å². The van der Waals surface area contributed by atoms with Crippen molar-refractivity contribution in [1.29, 1.82) is 0 Å². The summed E-state index contributed by atoms with van der Waals surface area (Å²) in [5, 5.41) is 10.6. The van der Waals surface area contributed by atoms with Gasteiger partial charge in [0.05, 0.1) is 23.4 Å². The molecule has 0 saturated carbocycles. The zero-order valence-corrected chi connectivity index (χ0v) is 13.4. The molecule has 23 heavy (non-hydrogen) atoms. The van der Waals surface area contributed by atoms with Gasteiger partial charge in [0.2, 0.25) is 0 Å². The van der Waals surface area contributed by atoms with Crippen molar-refractivity contribution in [2.75, 3.05) is 13.2 Å². The van der Waals surface area contributed by atoms with Crippen molar-refractivity contribution in [1.82, 2.24) is 14.3 Å². The summed E-state index contributed by atoms with van der Waals surface area (Å²) in [4.78, 5) is 6.95. The minimum absolute atomic E-state index is 0.0355. The highest BCUT2D eigenvalue weighted by Gasteiger charge is 2.26. The Balaban J connectivity index is 1.62. The van der Waals surface area contributed by atoms with Crippen LogP contribution in [0.15, 0.2) is 48.8 Å². The van der Waals surface area contributed by atoms with Crippen LogP contribution < -0.4 is 0 Å². The van der Waals surface area contributed by atoms with Crippen LogP contribution in [-0.4, -0.2) is 32.5 Å². The number of aliphatic hydroxyl groups is 1. The standard InChI is InChI=1S/C18H18ClN3O/c19-14-5-6-18-20-15(11-22(18)9-14)10-21-8-7-13-3-1-2-4-16(13)17(21)12-23/h1-6,9,11,17,23H,7-8,10,12H2. The van der Waals surface area contributed by atoms with Gasteiger partial charge in [-0.1, -0.05) is 35.9 Å². The molecule has 3 aromatic rings. The monoisotopic (exact) mass is 327 g/mol. The summed E-state index contributed by atoms with van der Waals surface area (Å²) in [7, 11) is 0. The molecule has 0 bridgehead atoms. The number of aromatic nitrogens is 2. The summed E-state index contributed by atoms with van der Waals surface area (Å²) in [6.45, 7) is 1.77. The number of benzene rings is 1. The number of rotatable bonds is 3. The molecule has 2 aromatic heterocycles. The Bertz CT molecular complexity index is 845. The molecule has 0 aliphatic carbocycles. The van der Waals surface area contributed by atoms with E-state index in [-0.39, 0.29) is 12.6 Å². The number of fused-ring (bicyclic) bond motifs is 2. The summed E-state index contributed by atoms with van der Waals surface area (Å²) in [6.07, 6.45) is 4.88. The molecule has 1 atom stereocenters. The van der Waals surface area contributed by atoms with E-state index in [2.05, 4.69) is 28.1 Å². The number of imidazole rings is 1.